The fraction of sp³-hybridized carbons (Fsp3) is 0.238. The lowest BCUT2D eigenvalue weighted by Gasteiger charge is -2.35. The van der Waals surface area contributed by atoms with Crippen LogP contribution in [0, 0.1) is 11.3 Å². The van der Waals surface area contributed by atoms with Crippen LogP contribution in [0.4, 0.5) is 4.79 Å². The van der Waals surface area contributed by atoms with Crippen LogP contribution in [0.5, 0.6) is 0 Å². The fourth-order valence-corrected chi connectivity index (χ4v) is 3.27. The van der Waals surface area contributed by atoms with Crippen LogP contribution in [0.3, 0.4) is 0 Å². The van der Waals surface area contributed by atoms with Crippen LogP contribution >= 0.6 is 0 Å². The highest BCUT2D eigenvalue weighted by Crippen LogP contribution is 2.39. The highest BCUT2D eigenvalue weighted by molar-refractivity contribution is 5.72. The van der Waals surface area contributed by atoms with E-state index in [0.29, 0.717) is 12.2 Å². The molecule has 0 saturated heterocycles. The molecule has 0 spiro atoms. The molecule has 0 unspecified atom stereocenters. The summed E-state index contributed by atoms with van der Waals surface area (Å²) in [5, 5.41) is 9.53. The summed E-state index contributed by atoms with van der Waals surface area (Å²) in [6.07, 6.45) is 1.41. The van der Waals surface area contributed by atoms with Crippen molar-refractivity contribution in [3.05, 3.63) is 83.6 Å². The Morgan fingerprint density at radius 3 is 2.28 bits per heavy atom. The summed E-state index contributed by atoms with van der Waals surface area (Å²) >= 11 is 0. The van der Waals surface area contributed by atoms with Crippen LogP contribution < -0.4 is 0 Å². The highest BCUT2D eigenvalue weighted by atomic mass is 16.6. The van der Waals surface area contributed by atoms with Gasteiger partial charge in [0.15, 0.2) is 0 Å². The van der Waals surface area contributed by atoms with Crippen molar-refractivity contribution in [1.82, 2.24) is 4.90 Å². The normalized spacial score (nSPS) is 19.7. The van der Waals surface area contributed by atoms with Crippen LogP contribution in [0.25, 0.3) is 0 Å². The zero-order chi connectivity index (χ0) is 17.6. The monoisotopic (exact) mass is 332 g/mol. The molecule has 2 atom stereocenters. The molecule has 0 saturated carbocycles. The number of rotatable bonds is 3. The Hall–Kier alpha value is -3.06. The summed E-state index contributed by atoms with van der Waals surface area (Å²) in [6.45, 7) is 2.47. The van der Waals surface area contributed by atoms with E-state index in [9.17, 15) is 10.1 Å². The first-order valence-corrected chi connectivity index (χ1v) is 8.40. The van der Waals surface area contributed by atoms with Gasteiger partial charge in [0.1, 0.15) is 11.8 Å². The van der Waals surface area contributed by atoms with Gasteiger partial charge >= 0.3 is 6.09 Å². The lowest BCUT2D eigenvalue weighted by Crippen LogP contribution is -2.39. The Labute approximate surface area is 148 Å². The Kier molecular flexibility index (Phi) is 5.15. The van der Waals surface area contributed by atoms with Crippen molar-refractivity contribution in [1.29, 1.82) is 5.26 Å². The first-order chi connectivity index (χ1) is 12.2. The van der Waals surface area contributed by atoms with E-state index in [1.54, 1.807) is 6.92 Å². The van der Waals surface area contributed by atoms with Gasteiger partial charge in [-0.2, -0.15) is 5.26 Å². The Bertz CT molecular complexity index is 794. The molecule has 1 amide bonds. The quantitative estimate of drug-likeness (QED) is 0.835. The van der Waals surface area contributed by atoms with Gasteiger partial charge in [-0.1, -0.05) is 60.7 Å². The van der Waals surface area contributed by atoms with E-state index in [4.69, 9.17) is 4.74 Å². The molecule has 0 aliphatic carbocycles. The third kappa shape index (κ3) is 3.56. The first-order valence-electron chi connectivity index (χ1n) is 8.40. The Morgan fingerprint density at radius 1 is 1.12 bits per heavy atom. The molecule has 0 fully saturated rings. The number of benzene rings is 2. The third-order valence-electron chi connectivity index (χ3n) is 4.46. The van der Waals surface area contributed by atoms with E-state index in [1.807, 2.05) is 42.5 Å². The number of ether oxygens (including phenoxy) is 1. The second-order valence-corrected chi connectivity index (χ2v) is 5.93. The molecule has 126 valence electrons. The summed E-state index contributed by atoms with van der Waals surface area (Å²) in [6, 6.07) is 22.3. The van der Waals surface area contributed by atoms with Crippen LogP contribution in [0.15, 0.2) is 72.4 Å². The fourth-order valence-electron chi connectivity index (χ4n) is 3.27. The van der Waals surface area contributed by atoms with E-state index in [0.717, 1.165) is 11.1 Å². The number of nitriles is 1. The van der Waals surface area contributed by atoms with Gasteiger partial charge in [0.05, 0.1) is 6.61 Å². The first kappa shape index (κ1) is 16.8. The number of nitrogens with zero attached hydrogens (tertiary/aromatic N) is 2. The SMILES string of the molecule is CCOC(=O)N1C[C@H](c2ccccc2)[C@H](c2ccccc2)C=C1C#N. The van der Waals surface area contributed by atoms with Crippen molar-refractivity contribution < 1.29 is 9.53 Å². The molecule has 1 aliphatic heterocycles. The smallest absolute Gasteiger partial charge is 0.414 e. The van der Waals surface area contributed by atoms with Crippen molar-refractivity contribution >= 4 is 6.09 Å². The third-order valence-corrected chi connectivity index (χ3v) is 4.46. The second kappa shape index (κ2) is 7.67. The maximum absolute atomic E-state index is 12.3. The van der Waals surface area contributed by atoms with E-state index >= 15 is 0 Å². The lowest BCUT2D eigenvalue weighted by molar-refractivity contribution is 0.115. The zero-order valence-electron chi connectivity index (χ0n) is 14.1. The number of amides is 1. The van der Waals surface area contributed by atoms with Crippen LogP contribution in [0.2, 0.25) is 0 Å². The van der Waals surface area contributed by atoms with Gasteiger partial charge in [-0.25, -0.2) is 4.79 Å². The minimum atomic E-state index is -0.470. The maximum atomic E-state index is 12.3. The molecule has 1 aliphatic rings. The molecule has 0 aromatic heterocycles. The van der Waals surface area contributed by atoms with E-state index in [-0.39, 0.29) is 18.4 Å². The van der Waals surface area contributed by atoms with Gasteiger partial charge in [-0.3, -0.25) is 4.90 Å². The predicted octanol–water partition coefficient (Wildman–Crippen LogP) is 4.43. The van der Waals surface area contributed by atoms with Crippen molar-refractivity contribution in [2.45, 2.75) is 18.8 Å². The summed E-state index contributed by atoms with van der Waals surface area (Å²) in [7, 11) is 0. The molecule has 4 nitrogen and oxygen atoms in total. The van der Waals surface area contributed by atoms with Crippen molar-refractivity contribution in [2.24, 2.45) is 0 Å². The largest absolute Gasteiger partial charge is 0.449 e. The van der Waals surface area contributed by atoms with Gasteiger partial charge in [0.2, 0.25) is 0 Å². The Balaban J connectivity index is 2.05. The molecular formula is C21H20N2O2. The molecule has 2 aromatic rings. The van der Waals surface area contributed by atoms with Crippen LogP contribution in [0.1, 0.15) is 29.9 Å². The summed E-state index contributed by atoms with van der Waals surface area (Å²) < 4.78 is 5.13. The Morgan fingerprint density at radius 2 is 1.72 bits per heavy atom. The predicted molar refractivity (Wildman–Crippen MR) is 95.8 cm³/mol. The average molecular weight is 332 g/mol. The maximum Gasteiger partial charge on any atom is 0.414 e. The molecule has 4 heteroatoms. The van der Waals surface area contributed by atoms with Gasteiger partial charge in [-0.05, 0) is 24.1 Å². The van der Waals surface area contributed by atoms with Gasteiger partial charge in [0.25, 0.3) is 0 Å². The molecule has 0 bridgehead atoms. The van der Waals surface area contributed by atoms with Crippen molar-refractivity contribution in [2.75, 3.05) is 13.2 Å². The topological polar surface area (TPSA) is 53.3 Å². The average Bonchev–Trinajstić information content (AvgIpc) is 2.68. The minimum Gasteiger partial charge on any atom is -0.449 e. The van der Waals surface area contributed by atoms with Crippen molar-refractivity contribution in [3.8, 4) is 6.07 Å². The molecule has 2 aromatic carbocycles. The number of hydrogen-bond acceptors (Lipinski definition) is 3. The molecular weight excluding hydrogens is 312 g/mol. The van der Waals surface area contributed by atoms with Gasteiger partial charge in [-0.15, -0.1) is 0 Å². The lowest BCUT2D eigenvalue weighted by atomic mass is 9.78. The van der Waals surface area contributed by atoms with Gasteiger partial charge < -0.3 is 4.74 Å². The molecule has 0 radical (unpaired) electrons. The summed E-state index contributed by atoms with van der Waals surface area (Å²) in [4.78, 5) is 13.7. The molecule has 25 heavy (non-hydrogen) atoms. The van der Waals surface area contributed by atoms with E-state index in [2.05, 4.69) is 30.3 Å². The van der Waals surface area contributed by atoms with Crippen molar-refractivity contribution in [3.63, 3.8) is 0 Å². The molecule has 0 N–H and O–H groups in total. The minimum absolute atomic E-state index is 0.0314. The number of carbonyl (C=O) groups is 1. The molecule has 1 heterocycles. The summed E-state index contributed by atoms with van der Waals surface area (Å²) in [5.41, 5.74) is 2.62. The van der Waals surface area contributed by atoms with E-state index in [1.165, 1.54) is 4.90 Å². The highest BCUT2D eigenvalue weighted by Gasteiger charge is 2.34. The second-order valence-electron chi connectivity index (χ2n) is 5.93. The molecule has 3 rings (SSSR count). The van der Waals surface area contributed by atoms with Crippen LogP contribution in [-0.4, -0.2) is 24.1 Å². The van der Waals surface area contributed by atoms with Gasteiger partial charge in [0, 0.05) is 18.4 Å². The van der Waals surface area contributed by atoms with Crippen LogP contribution in [-0.2, 0) is 4.74 Å². The summed E-state index contributed by atoms with van der Waals surface area (Å²) in [5.74, 6) is 0.0917. The van der Waals surface area contributed by atoms with E-state index < -0.39 is 6.09 Å². The number of carbonyl (C=O) groups excluding carboxylic acids is 1. The number of allylic oxidation sites excluding steroid dienone is 2. The zero-order valence-corrected chi connectivity index (χ0v) is 14.1. The number of hydrogen-bond donors (Lipinski definition) is 0. The standard InChI is InChI=1S/C21H20N2O2/c1-2-25-21(24)23-15-20(17-11-7-4-8-12-17)19(13-18(23)14-22)16-9-5-3-6-10-16/h3-13,19-20H,2,15H2,1H3/t19-,20+/m0/s1.